The summed E-state index contributed by atoms with van der Waals surface area (Å²) < 4.78 is 0. The molecule has 1 N–H and O–H groups in total. The van der Waals surface area contributed by atoms with Gasteiger partial charge in [0, 0.05) is 19.5 Å². The Labute approximate surface area is 98.1 Å². The molecule has 14 heavy (non-hydrogen) atoms. The van der Waals surface area contributed by atoms with Crippen LogP contribution in [0.15, 0.2) is 30.3 Å². The number of rotatable bonds is 0. The first kappa shape index (κ1) is 15.8. The van der Waals surface area contributed by atoms with Crippen LogP contribution in [0.2, 0.25) is 0 Å². The van der Waals surface area contributed by atoms with Crippen LogP contribution in [0.4, 0.5) is 0 Å². The van der Waals surface area contributed by atoms with E-state index in [0.717, 1.165) is 0 Å². The molecular weight excluding hydrogens is 230 g/mol. The number of carbonyl (C=O) groups is 1. The second-order valence-electron chi connectivity index (χ2n) is 3.63. The summed E-state index contributed by atoms with van der Waals surface area (Å²) in [5, 5.41) is 8.25. The summed E-state index contributed by atoms with van der Waals surface area (Å²) in [5.41, 5.74) is -0.583. The number of hydrogen-bond acceptors (Lipinski definition) is 1. The second kappa shape index (κ2) is 7.69. The summed E-state index contributed by atoms with van der Waals surface area (Å²) in [6.45, 7) is 4.99. The molecule has 0 saturated carbocycles. The molecule has 0 atom stereocenters. The Kier molecular flexibility index (Phi) is 8.67. The summed E-state index contributed by atoms with van der Waals surface area (Å²) in [7, 11) is 0. The van der Waals surface area contributed by atoms with Crippen molar-refractivity contribution in [2.24, 2.45) is 5.41 Å². The van der Waals surface area contributed by atoms with Crippen LogP contribution in [0.1, 0.15) is 20.8 Å². The molecular formula is C11H15O2Zn-. The molecule has 1 rings (SSSR count). The van der Waals surface area contributed by atoms with Crippen molar-refractivity contribution < 1.29 is 29.4 Å². The molecule has 0 aliphatic heterocycles. The fourth-order valence-electron chi connectivity index (χ4n) is 0.342. The van der Waals surface area contributed by atoms with E-state index in [1.54, 1.807) is 20.8 Å². The van der Waals surface area contributed by atoms with Gasteiger partial charge in [0.05, 0.1) is 5.41 Å². The van der Waals surface area contributed by atoms with Crippen molar-refractivity contribution >= 4 is 5.97 Å². The third kappa shape index (κ3) is 9.40. The van der Waals surface area contributed by atoms with E-state index >= 15 is 0 Å². The largest absolute Gasteiger partial charge is 0.481 e. The van der Waals surface area contributed by atoms with Crippen molar-refractivity contribution in [1.82, 2.24) is 0 Å². The summed E-state index contributed by atoms with van der Waals surface area (Å²) in [6.07, 6.45) is 0. The number of benzene rings is 1. The Morgan fingerprint density at radius 3 is 1.57 bits per heavy atom. The second-order valence-corrected chi connectivity index (χ2v) is 3.63. The molecule has 0 radical (unpaired) electrons. The Hall–Kier alpha value is -0.687. The first-order chi connectivity index (χ1) is 5.94. The van der Waals surface area contributed by atoms with Gasteiger partial charge >= 0.3 is 5.97 Å². The van der Waals surface area contributed by atoms with E-state index in [9.17, 15) is 4.79 Å². The maximum Gasteiger partial charge on any atom is 0.308 e. The van der Waals surface area contributed by atoms with Crippen LogP contribution in [0.5, 0.6) is 0 Å². The standard InChI is InChI=1S/C6H5.C5H10O2.Zn/c1-2-4-6-5-3-1;1-5(2,3)4(6)7;/h1-5H;1-3H3,(H,6,7);/q-1;;. The maximum atomic E-state index is 10.0. The zero-order valence-corrected chi connectivity index (χ0v) is 11.9. The fraction of sp³-hybridized carbons (Fsp3) is 0.364. The third-order valence-electron chi connectivity index (χ3n) is 1.25. The smallest absolute Gasteiger partial charge is 0.308 e. The third-order valence-corrected chi connectivity index (χ3v) is 1.25. The van der Waals surface area contributed by atoms with E-state index in [4.69, 9.17) is 5.11 Å². The van der Waals surface area contributed by atoms with Gasteiger partial charge in [0.15, 0.2) is 0 Å². The van der Waals surface area contributed by atoms with Crippen LogP contribution in [-0.4, -0.2) is 11.1 Å². The average molecular weight is 245 g/mol. The Bertz CT molecular complexity index is 213. The van der Waals surface area contributed by atoms with Crippen molar-refractivity contribution in [1.29, 1.82) is 0 Å². The van der Waals surface area contributed by atoms with E-state index in [1.807, 2.05) is 30.3 Å². The van der Waals surface area contributed by atoms with Crippen molar-refractivity contribution in [2.75, 3.05) is 0 Å². The van der Waals surface area contributed by atoms with E-state index in [2.05, 4.69) is 6.07 Å². The van der Waals surface area contributed by atoms with Crippen LogP contribution >= 0.6 is 0 Å². The molecule has 0 fully saturated rings. The molecule has 74 valence electrons. The van der Waals surface area contributed by atoms with Gasteiger partial charge in [0.25, 0.3) is 0 Å². The topological polar surface area (TPSA) is 37.3 Å². The van der Waals surface area contributed by atoms with Gasteiger partial charge in [0.1, 0.15) is 0 Å². The summed E-state index contributed by atoms with van der Waals surface area (Å²) >= 11 is 0. The fourth-order valence-corrected chi connectivity index (χ4v) is 0.342. The monoisotopic (exact) mass is 243 g/mol. The molecule has 0 spiro atoms. The normalized spacial score (nSPS) is 9.07. The predicted octanol–water partition coefficient (Wildman–Crippen LogP) is 2.60. The van der Waals surface area contributed by atoms with Crippen molar-refractivity contribution in [3.63, 3.8) is 0 Å². The minimum Gasteiger partial charge on any atom is -0.481 e. The Balaban J connectivity index is 0. The van der Waals surface area contributed by atoms with Crippen LogP contribution in [-0.2, 0) is 24.3 Å². The minimum atomic E-state index is -0.757. The number of carboxylic acids is 1. The number of hydrogen-bond donors (Lipinski definition) is 1. The van der Waals surface area contributed by atoms with E-state index < -0.39 is 11.4 Å². The summed E-state index contributed by atoms with van der Waals surface area (Å²) in [4.78, 5) is 10.0. The molecule has 0 aliphatic rings. The molecule has 1 aromatic carbocycles. The van der Waals surface area contributed by atoms with Crippen molar-refractivity contribution in [3.05, 3.63) is 36.4 Å². The maximum absolute atomic E-state index is 10.0. The van der Waals surface area contributed by atoms with Crippen LogP contribution in [0.3, 0.4) is 0 Å². The molecule has 1 aromatic rings. The molecule has 0 heterocycles. The van der Waals surface area contributed by atoms with Crippen molar-refractivity contribution in [2.45, 2.75) is 20.8 Å². The molecule has 0 bridgehead atoms. The van der Waals surface area contributed by atoms with Crippen LogP contribution in [0, 0.1) is 11.5 Å². The zero-order chi connectivity index (χ0) is 10.3. The van der Waals surface area contributed by atoms with Gasteiger partial charge in [-0.05, 0) is 20.8 Å². The molecule has 3 heteroatoms. The Morgan fingerprint density at radius 2 is 1.50 bits per heavy atom. The van der Waals surface area contributed by atoms with E-state index in [1.165, 1.54) is 0 Å². The van der Waals surface area contributed by atoms with Gasteiger partial charge in [-0.2, -0.15) is 36.4 Å². The van der Waals surface area contributed by atoms with E-state index in [-0.39, 0.29) is 19.5 Å². The van der Waals surface area contributed by atoms with Gasteiger partial charge in [-0.1, -0.05) is 0 Å². The van der Waals surface area contributed by atoms with Crippen molar-refractivity contribution in [3.8, 4) is 0 Å². The zero-order valence-electron chi connectivity index (χ0n) is 8.95. The van der Waals surface area contributed by atoms with Gasteiger partial charge in [-0.25, -0.2) is 0 Å². The predicted molar refractivity (Wildman–Crippen MR) is 52.4 cm³/mol. The van der Waals surface area contributed by atoms with Gasteiger partial charge in [-0.15, -0.1) is 0 Å². The summed E-state index contributed by atoms with van der Waals surface area (Å²) in [5.74, 6) is -0.757. The van der Waals surface area contributed by atoms with Gasteiger partial charge in [0.2, 0.25) is 0 Å². The van der Waals surface area contributed by atoms with E-state index in [0.29, 0.717) is 0 Å². The molecule has 0 aromatic heterocycles. The molecule has 2 nitrogen and oxygen atoms in total. The molecule has 0 amide bonds. The quantitative estimate of drug-likeness (QED) is 0.563. The SMILES string of the molecule is CC(C)(C)C(=O)O.[Zn].[c-]1ccccc1. The Morgan fingerprint density at radius 1 is 1.14 bits per heavy atom. The molecule has 0 aliphatic carbocycles. The van der Waals surface area contributed by atoms with Gasteiger partial charge < -0.3 is 5.11 Å². The molecule has 0 unspecified atom stereocenters. The van der Waals surface area contributed by atoms with Crippen LogP contribution in [0.25, 0.3) is 0 Å². The summed E-state index contributed by atoms with van der Waals surface area (Å²) in [6, 6.07) is 12.5. The molecule has 0 saturated heterocycles. The minimum absolute atomic E-state index is 0. The first-order valence-corrected chi connectivity index (χ1v) is 4.09. The average Bonchev–Trinajstić information content (AvgIpc) is 2.07. The number of aliphatic carboxylic acids is 1. The first-order valence-electron chi connectivity index (χ1n) is 4.09. The van der Waals surface area contributed by atoms with Gasteiger partial charge in [-0.3, -0.25) is 4.79 Å². The van der Waals surface area contributed by atoms with Crippen LogP contribution < -0.4 is 0 Å². The number of carboxylic acid groups (broad SMARTS) is 1.